The summed E-state index contributed by atoms with van der Waals surface area (Å²) in [4.78, 5) is 2.27. The summed E-state index contributed by atoms with van der Waals surface area (Å²) in [6, 6.07) is 5.62. The summed E-state index contributed by atoms with van der Waals surface area (Å²) < 4.78 is 14.0. The molecule has 0 radical (unpaired) electrons. The number of hydrogen-bond acceptors (Lipinski definition) is 2. The van der Waals surface area contributed by atoms with E-state index < -0.39 is 0 Å². The van der Waals surface area contributed by atoms with Gasteiger partial charge < -0.3 is 5.73 Å². The van der Waals surface area contributed by atoms with Crippen molar-refractivity contribution in [1.82, 2.24) is 4.90 Å². The fraction of sp³-hybridized carbons (Fsp3) is 0.500. The number of nitrogens with zero attached hydrogens (tertiary/aromatic N) is 1. The number of nitrogens with two attached hydrogens (primary N) is 1. The lowest BCUT2D eigenvalue weighted by Gasteiger charge is -2.27. The van der Waals surface area contributed by atoms with E-state index in [1.54, 1.807) is 0 Å². The maximum atomic E-state index is 14.0. The molecule has 0 aromatic heterocycles. The molecule has 104 valence electrons. The van der Waals surface area contributed by atoms with Crippen molar-refractivity contribution < 1.29 is 4.39 Å². The van der Waals surface area contributed by atoms with Crippen molar-refractivity contribution in [3.05, 3.63) is 35.1 Å². The van der Waals surface area contributed by atoms with Crippen molar-refractivity contribution in [2.75, 3.05) is 13.1 Å². The smallest absolute Gasteiger partial charge is 0.128 e. The Morgan fingerprint density at radius 1 is 1.37 bits per heavy atom. The minimum Gasteiger partial charge on any atom is -0.320 e. The number of halogens is 1. The van der Waals surface area contributed by atoms with Gasteiger partial charge in [-0.1, -0.05) is 31.8 Å². The summed E-state index contributed by atoms with van der Waals surface area (Å²) in [5.74, 6) is 5.39. The number of hydrogen-bond donors (Lipinski definition) is 1. The molecule has 0 fully saturated rings. The molecule has 0 aliphatic rings. The topological polar surface area (TPSA) is 29.3 Å². The van der Waals surface area contributed by atoms with Crippen molar-refractivity contribution in [2.24, 2.45) is 5.73 Å². The van der Waals surface area contributed by atoms with Crippen LogP contribution < -0.4 is 5.73 Å². The quantitative estimate of drug-likeness (QED) is 0.827. The first kappa shape index (κ1) is 15.7. The lowest BCUT2D eigenvalue weighted by Crippen LogP contribution is -2.32. The average molecular weight is 262 g/mol. The molecule has 2 N–H and O–H groups in total. The molecule has 3 heteroatoms. The Kier molecular flexibility index (Phi) is 6.55. The van der Waals surface area contributed by atoms with E-state index in [1.807, 2.05) is 12.1 Å². The number of benzene rings is 1. The molecule has 0 saturated carbocycles. The Labute approximate surface area is 115 Å². The second-order valence-electron chi connectivity index (χ2n) is 4.63. The second-order valence-corrected chi connectivity index (χ2v) is 4.63. The van der Waals surface area contributed by atoms with Gasteiger partial charge in [-0.3, -0.25) is 4.90 Å². The molecule has 0 saturated heterocycles. The van der Waals surface area contributed by atoms with Crippen LogP contribution in [0.2, 0.25) is 0 Å². The van der Waals surface area contributed by atoms with Gasteiger partial charge in [-0.2, -0.15) is 0 Å². The van der Waals surface area contributed by atoms with Crippen LogP contribution in [-0.2, 0) is 6.54 Å². The van der Waals surface area contributed by atoms with Gasteiger partial charge in [0.25, 0.3) is 0 Å². The van der Waals surface area contributed by atoms with Gasteiger partial charge in [0.05, 0.1) is 6.54 Å². The first-order valence-corrected chi connectivity index (χ1v) is 6.83. The van der Waals surface area contributed by atoms with Crippen molar-refractivity contribution in [1.29, 1.82) is 0 Å². The molecular formula is C16H23FN2. The Morgan fingerprint density at radius 2 is 2.11 bits per heavy atom. The van der Waals surface area contributed by atoms with E-state index in [1.165, 1.54) is 6.07 Å². The van der Waals surface area contributed by atoms with Crippen molar-refractivity contribution in [3.63, 3.8) is 0 Å². The van der Waals surface area contributed by atoms with Crippen LogP contribution in [0.5, 0.6) is 0 Å². The molecule has 0 aliphatic carbocycles. The van der Waals surface area contributed by atoms with E-state index in [-0.39, 0.29) is 5.82 Å². The van der Waals surface area contributed by atoms with E-state index in [4.69, 9.17) is 5.73 Å². The highest BCUT2D eigenvalue weighted by molar-refractivity contribution is 5.37. The number of rotatable bonds is 5. The van der Waals surface area contributed by atoms with E-state index >= 15 is 0 Å². The van der Waals surface area contributed by atoms with Gasteiger partial charge in [-0.25, -0.2) is 4.39 Å². The van der Waals surface area contributed by atoms with E-state index in [2.05, 4.69) is 37.5 Å². The average Bonchev–Trinajstić information content (AvgIpc) is 2.43. The Morgan fingerprint density at radius 3 is 2.63 bits per heavy atom. The molecule has 19 heavy (non-hydrogen) atoms. The third kappa shape index (κ3) is 4.66. The van der Waals surface area contributed by atoms with Gasteiger partial charge in [0.1, 0.15) is 5.82 Å². The van der Waals surface area contributed by atoms with Gasteiger partial charge >= 0.3 is 0 Å². The minimum absolute atomic E-state index is 0.189. The fourth-order valence-electron chi connectivity index (χ4n) is 1.96. The van der Waals surface area contributed by atoms with E-state index in [9.17, 15) is 4.39 Å². The summed E-state index contributed by atoms with van der Waals surface area (Å²) in [5, 5.41) is 0. The molecule has 1 aromatic carbocycles. The molecule has 1 atom stereocenters. The van der Waals surface area contributed by atoms with E-state index in [0.29, 0.717) is 24.7 Å². The molecular weight excluding hydrogens is 239 g/mol. The van der Waals surface area contributed by atoms with Gasteiger partial charge in [0.2, 0.25) is 0 Å². The van der Waals surface area contributed by atoms with Crippen LogP contribution in [0.1, 0.15) is 38.3 Å². The molecule has 0 heterocycles. The monoisotopic (exact) mass is 262 g/mol. The van der Waals surface area contributed by atoms with Crippen molar-refractivity contribution >= 4 is 0 Å². The lowest BCUT2D eigenvalue weighted by atomic mass is 10.1. The maximum Gasteiger partial charge on any atom is 0.128 e. The Bertz CT molecular complexity index is 460. The normalized spacial score (nSPS) is 12.1. The van der Waals surface area contributed by atoms with Gasteiger partial charge in [0, 0.05) is 23.7 Å². The maximum absolute atomic E-state index is 14.0. The fourth-order valence-corrected chi connectivity index (χ4v) is 1.96. The van der Waals surface area contributed by atoms with E-state index in [0.717, 1.165) is 18.5 Å². The minimum atomic E-state index is -0.189. The van der Waals surface area contributed by atoms with Gasteiger partial charge in [-0.05, 0) is 32.0 Å². The third-order valence-corrected chi connectivity index (χ3v) is 3.38. The predicted molar refractivity (Wildman–Crippen MR) is 78.2 cm³/mol. The Hall–Kier alpha value is -1.37. The third-order valence-electron chi connectivity index (χ3n) is 3.38. The molecule has 1 rings (SSSR count). The predicted octanol–water partition coefficient (Wildman–Crippen LogP) is 2.76. The van der Waals surface area contributed by atoms with Crippen molar-refractivity contribution in [3.8, 4) is 11.8 Å². The first-order chi connectivity index (χ1) is 9.12. The summed E-state index contributed by atoms with van der Waals surface area (Å²) in [5.41, 5.74) is 6.70. The summed E-state index contributed by atoms with van der Waals surface area (Å²) in [7, 11) is 0. The van der Waals surface area contributed by atoms with Crippen LogP contribution >= 0.6 is 0 Å². The van der Waals surface area contributed by atoms with Crippen LogP contribution in [0.3, 0.4) is 0 Å². The van der Waals surface area contributed by atoms with Crippen LogP contribution in [0.25, 0.3) is 0 Å². The second kappa shape index (κ2) is 7.93. The zero-order valence-electron chi connectivity index (χ0n) is 12.0. The molecule has 0 bridgehead atoms. The first-order valence-electron chi connectivity index (χ1n) is 6.83. The summed E-state index contributed by atoms with van der Waals surface area (Å²) in [6.45, 7) is 8.27. The lowest BCUT2D eigenvalue weighted by molar-refractivity contribution is 0.203. The van der Waals surface area contributed by atoms with Gasteiger partial charge in [0.15, 0.2) is 0 Å². The van der Waals surface area contributed by atoms with Crippen LogP contribution in [-0.4, -0.2) is 24.0 Å². The highest BCUT2D eigenvalue weighted by Gasteiger charge is 2.12. The summed E-state index contributed by atoms with van der Waals surface area (Å²) in [6.07, 6.45) is 1.06. The zero-order chi connectivity index (χ0) is 14.3. The molecule has 2 nitrogen and oxygen atoms in total. The molecule has 0 aliphatic heterocycles. The van der Waals surface area contributed by atoms with Crippen molar-refractivity contribution in [2.45, 2.75) is 39.8 Å². The Balaban J connectivity index is 2.84. The molecule has 0 spiro atoms. The highest BCUT2D eigenvalue weighted by Crippen LogP contribution is 2.15. The molecule has 1 unspecified atom stereocenters. The van der Waals surface area contributed by atoms with Gasteiger partial charge in [-0.15, -0.1) is 0 Å². The molecule has 1 aromatic rings. The zero-order valence-corrected chi connectivity index (χ0v) is 12.0. The summed E-state index contributed by atoms with van der Waals surface area (Å²) >= 11 is 0. The van der Waals surface area contributed by atoms with Crippen LogP contribution in [0.15, 0.2) is 18.2 Å². The largest absolute Gasteiger partial charge is 0.320 e. The highest BCUT2D eigenvalue weighted by atomic mass is 19.1. The van der Waals surface area contributed by atoms with Crippen LogP contribution in [0.4, 0.5) is 4.39 Å². The van der Waals surface area contributed by atoms with Crippen LogP contribution in [0, 0.1) is 17.7 Å². The SMILES string of the molecule is CCC(C)N(CC)Cc1ccc(C#CCN)cc1F. The molecule has 0 amide bonds. The standard InChI is InChI=1S/C16H23FN2/c1-4-13(3)19(5-2)12-15-9-8-14(7-6-10-18)11-16(15)17/h8-9,11,13H,4-5,10,12,18H2,1-3H3.